The third-order valence-electron chi connectivity index (χ3n) is 2.05. The summed E-state index contributed by atoms with van der Waals surface area (Å²) in [7, 11) is 1.54. The maximum Gasteiger partial charge on any atom is 0.269 e. The molecule has 0 heterocycles. The van der Waals surface area contributed by atoms with Crippen LogP contribution in [0.3, 0.4) is 0 Å². The first kappa shape index (κ1) is 12.6. The molecule has 0 spiro atoms. The van der Waals surface area contributed by atoms with Crippen molar-refractivity contribution in [2.45, 2.75) is 6.92 Å². The summed E-state index contributed by atoms with van der Waals surface area (Å²) in [5.41, 5.74) is 0.214. The number of hydrogen-bond acceptors (Lipinski definition) is 4. The Morgan fingerprint density at radius 3 is 2.41 bits per heavy atom. The highest BCUT2D eigenvalue weighted by atomic mass is 16.5. The standard InChI is InChI=1S/C12H12N2O3/c1-8(15)11(7-13)12(16)14-9-3-5-10(17-2)6-4-9/h3-6,15H,1-2H3,(H,14,16). The monoisotopic (exact) mass is 232 g/mol. The van der Waals surface area contributed by atoms with Gasteiger partial charge in [-0.05, 0) is 31.2 Å². The Balaban J connectivity index is 2.82. The zero-order valence-electron chi connectivity index (χ0n) is 9.52. The van der Waals surface area contributed by atoms with Gasteiger partial charge >= 0.3 is 0 Å². The molecule has 1 amide bonds. The van der Waals surface area contributed by atoms with Gasteiger partial charge in [-0.2, -0.15) is 5.26 Å². The normalized spacial score (nSPS) is 11.1. The molecule has 0 unspecified atom stereocenters. The van der Waals surface area contributed by atoms with Crippen LogP contribution in [0.25, 0.3) is 0 Å². The molecule has 0 radical (unpaired) electrons. The van der Waals surface area contributed by atoms with Gasteiger partial charge in [-0.3, -0.25) is 4.79 Å². The number of nitrogens with zero attached hydrogens (tertiary/aromatic N) is 1. The van der Waals surface area contributed by atoms with Gasteiger partial charge in [0.05, 0.1) is 7.11 Å². The van der Waals surface area contributed by atoms with Crippen LogP contribution < -0.4 is 10.1 Å². The lowest BCUT2D eigenvalue weighted by molar-refractivity contribution is -0.112. The van der Waals surface area contributed by atoms with Crippen LogP contribution in [0.5, 0.6) is 5.75 Å². The smallest absolute Gasteiger partial charge is 0.269 e. The first-order valence-corrected chi connectivity index (χ1v) is 4.84. The van der Waals surface area contributed by atoms with Crippen LogP contribution in [0, 0.1) is 11.3 Å². The SMILES string of the molecule is COc1ccc(NC(=O)C(C#N)=C(C)O)cc1. The van der Waals surface area contributed by atoms with Crippen LogP contribution in [0.15, 0.2) is 35.6 Å². The molecular formula is C12H12N2O3. The van der Waals surface area contributed by atoms with Crippen LogP contribution >= 0.6 is 0 Å². The average Bonchev–Trinajstić information content (AvgIpc) is 2.30. The molecule has 0 atom stereocenters. The highest BCUT2D eigenvalue weighted by Crippen LogP contribution is 2.15. The molecule has 17 heavy (non-hydrogen) atoms. The number of methoxy groups -OCH3 is 1. The van der Waals surface area contributed by atoms with E-state index in [2.05, 4.69) is 5.32 Å². The Morgan fingerprint density at radius 2 is 2.00 bits per heavy atom. The number of benzene rings is 1. The van der Waals surface area contributed by atoms with Gasteiger partial charge in [0.25, 0.3) is 5.91 Å². The van der Waals surface area contributed by atoms with Crippen LogP contribution in [0.2, 0.25) is 0 Å². The van der Waals surface area contributed by atoms with Gasteiger partial charge in [-0.1, -0.05) is 0 Å². The molecule has 88 valence electrons. The summed E-state index contributed by atoms with van der Waals surface area (Å²) >= 11 is 0. The second-order valence-corrected chi connectivity index (χ2v) is 3.25. The maximum atomic E-state index is 11.6. The summed E-state index contributed by atoms with van der Waals surface area (Å²) in [5, 5.41) is 20.3. The van der Waals surface area contributed by atoms with E-state index in [9.17, 15) is 4.79 Å². The van der Waals surface area contributed by atoms with Gasteiger partial charge < -0.3 is 15.2 Å². The minimum Gasteiger partial charge on any atom is -0.511 e. The fourth-order valence-corrected chi connectivity index (χ4v) is 1.16. The number of aliphatic hydroxyl groups excluding tert-OH is 1. The zero-order valence-corrected chi connectivity index (χ0v) is 9.52. The van der Waals surface area contributed by atoms with E-state index in [1.807, 2.05) is 0 Å². The highest BCUT2D eigenvalue weighted by Gasteiger charge is 2.12. The van der Waals surface area contributed by atoms with Crippen molar-refractivity contribution in [2.24, 2.45) is 0 Å². The molecule has 0 aliphatic heterocycles. The van der Waals surface area contributed by atoms with E-state index in [1.54, 1.807) is 37.4 Å². The third kappa shape index (κ3) is 3.24. The topological polar surface area (TPSA) is 82.3 Å². The third-order valence-corrected chi connectivity index (χ3v) is 2.05. The molecule has 1 aromatic rings. The van der Waals surface area contributed by atoms with E-state index < -0.39 is 5.91 Å². The summed E-state index contributed by atoms with van der Waals surface area (Å²) in [6.45, 7) is 1.28. The van der Waals surface area contributed by atoms with Gasteiger partial charge in [0, 0.05) is 5.69 Å². The van der Waals surface area contributed by atoms with Gasteiger partial charge in [0.2, 0.25) is 0 Å². The Kier molecular flexibility index (Phi) is 4.12. The molecule has 0 aromatic heterocycles. The van der Waals surface area contributed by atoms with Crippen molar-refractivity contribution in [3.8, 4) is 11.8 Å². The van der Waals surface area contributed by atoms with Crippen molar-refractivity contribution in [1.29, 1.82) is 5.26 Å². The van der Waals surface area contributed by atoms with E-state index in [0.29, 0.717) is 11.4 Å². The Hall–Kier alpha value is -2.48. The van der Waals surface area contributed by atoms with Gasteiger partial charge in [0.15, 0.2) is 5.57 Å². The quantitative estimate of drug-likeness (QED) is 0.474. The first-order valence-electron chi connectivity index (χ1n) is 4.84. The molecular weight excluding hydrogens is 220 g/mol. The average molecular weight is 232 g/mol. The second kappa shape index (κ2) is 5.56. The predicted octanol–water partition coefficient (Wildman–Crippen LogP) is 1.99. The zero-order chi connectivity index (χ0) is 12.8. The number of aliphatic hydroxyl groups is 1. The summed E-state index contributed by atoms with van der Waals surface area (Å²) in [4.78, 5) is 11.6. The van der Waals surface area contributed by atoms with E-state index in [0.717, 1.165) is 0 Å². The lowest BCUT2D eigenvalue weighted by Crippen LogP contribution is -2.14. The van der Waals surface area contributed by atoms with Crippen molar-refractivity contribution < 1.29 is 14.6 Å². The fourth-order valence-electron chi connectivity index (χ4n) is 1.16. The summed E-state index contributed by atoms with van der Waals surface area (Å²) in [6.07, 6.45) is 0. The minimum atomic E-state index is -0.641. The molecule has 5 heteroatoms. The number of anilines is 1. The molecule has 0 saturated carbocycles. The minimum absolute atomic E-state index is 0.305. The molecule has 0 saturated heterocycles. The lowest BCUT2D eigenvalue weighted by Gasteiger charge is -2.05. The summed E-state index contributed by atoms with van der Waals surface area (Å²) < 4.78 is 4.97. The molecule has 0 bridgehead atoms. The van der Waals surface area contributed by atoms with E-state index >= 15 is 0 Å². The Bertz CT molecular complexity index is 479. The van der Waals surface area contributed by atoms with Crippen LogP contribution in [-0.2, 0) is 4.79 Å². The van der Waals surface area contributed by atoms with E-state index in [-0.39, 0.29) is 11.3 Å². The number of nitrogens with one attached hydrogen (secondary N) is 1. The van der Waals surface area contributed by atoms with Crippen molar-refractivity contribution in [3.63, 3.8) is 0 Å². The van der Waals surface area contributed by atoms with Gasteiger partial charge in [0.1, 0.15) is 17.6 Å². The summed E-state index contributed by atoms with van der Waals surface area (Å²) in [5.74, 6) is -0.284. The number of carbonyl (C=O) groups is 1. The largest absolute Gasteiger partial charge is 0.511 e. The molecule has 0 aliphatic carbocycles. The van der Waals surface area contributed by atoms with E-state index in [4.69, 9.17) is 15.1 Å². The lowest BCUT2D eigenvalue weighted by atomic mass is 10.2. The van der Waals surface area contributed by atoms with Crippen molar-refractivity contribution >= 4 is 11.6 Å². The Labute approximate surface area is 98.9 Å². The maximum absolute atomic E-state index is 11.6. The number of hydrogen-bond donors (Lipinski definition) is 2. The molecule has 0 aliphatic rings. The molecule has 0 fully saturated rings. The van der Waals surface area contributed by atoms with Gasteiger partial charge in [-0.25, -0.2) is 0 Å². The predicted molar refractivity (Wildman–Crippen MR) is 62.6 cm³/mol. The van der Waals surface area contributed by atoms with Gasteiger partial charge in [-0.15, -0.1) is 0 Å². The van der Waals surface area contributed by atoms with Crippen LogP contribution in [0.4, 0.5) is 5.69 Å². The second-order valence-electron chi connectivity index (χ2n) is 3.25. The molecule has 1 aromatic carbocycles. The number of carbonyl (C=O) groups excluding carboxylic acids is 1. The fraction of sp³-hybridized carbons (Fsp3) is 0.167. The Morgan fingerprint density at radius 1 is 1.41 bits per heavy atom. The number of amides is 1. The van der Waals surface area contributed by atoms with Crippen molar-refractivity contribution in [2.75, 3.05) is 12.4 Å². The summed E-state index contributed by atoms with van der Waals surface area (Å²) in [6, 6.07) is 8.27. The molecule has 1 rings (SSSR count). The number of ether oxygens (including phenoxy) is 1. The molecule has 2 N–H and O–H groups in total. The number of nitriles is 1. The molecule has 5 nitrogen and oxygen atoms in total. The van der Waals surface area contributed by atoms with Crippen molar-refractivity contribution in [3.05, 3.63) is 35.6 Å². The van der Waals surface area contributed by atoms with E-state index in [1.165, 1.54) is 6.92 Å². The van der Waals surface area contributed by atoms with Crippen molar-refractivity contribution in [1.82, 2.24) is 0 Å². The number of rotatable bonds is 3. The first-order chi connectivity index (χ1) is 8.08. The van der Waals surface area contributed by atoms with Crippen LogP contribution in [-0.4, -0.2) is 18.1 Å². The number of allylic oxidation sites excluding steroid dienone is 1. The highest BCUT2D eigenvalue weighted by molar-refractivity contribution is 6.06. The van der Waals surface area contributed by atoms with Crippen LogP contribution in [0.1, 0.15) is 6.92 Å².